The zero-order chi connectivity index (χ0) is 13.6. The Kier molecular flexibility index (Phi) is 5.76. The fourth-order valence-corrected chi connectivity index (χ4v) is 2.35. The van der Waals surface area contributed by atoms with E-state index in [4.69, 9.17) is 4.74 Å². The summed E-state index contributed by atoms with van der Waals surface area (Å²) in [4.78, 5) is 4.30. The first-order valence-corrected chi connectivity index (χ1v) is 6.86. The van der Waals surface area contributed by atoms with Crippen molar-refractivity contribution in [1.29, 1.82) is 0 Å². The minimum atomic E-state index is -0.194. The van der Waals surface area contributed by atoms with Crippen molar-refractivity contribution in [3.05, 3.63) is 29.6 Å². The largest absolute Gasteiger partial charge is 0.374 e. The van der Waals surface area contributed by atoms with E-state index in [2.05, 4.69) is 44.1 Å². The third kappa shape index (κ3) is 3.53. The first-order chi connectivity index (χ1) is 8.57. The molecule has 102 valence electrons. The van der Waals surface area contributed by atoms with Crippen molar-refractivity contribution >= 4 is 0 Å². The van der Waals surface area contributed by atoms with Gasteiger partial charge in [0.05, 0.1) is 11.6 Å². The fraction of sp³-hybridized carbons (Fsp3) is 0.667. The highest BCUT2D eigenvalue weighted by Gasteiger charge is 2.34. The van der Waals surface area contributed by atoms with Crippen LogP contribution in [0.1, 0.15) is 51.3 Å². The highest BCUT2D eigenvalue weighted by atomic mass is 16.5. The molecule has 0 aliphatic heterocycles. The monoisotopic (exact) mass is 250 g/mol. The predicted octanol–water partition coefficient (Wildman–Crippen LogP) is 3.25. The summed E-state index contributed by atoms with van der Waals surface area (Å²) in [7, 11) is 0. The molecule has 0 amide bonds. The number of ether oxygens (including phenoxy) is 1. The zero-order valence-corrected chi connectivity index (χ0v) is 12.3. The average Bonchev–Trinajstić information content (AvgIpc) is 2.36. The lowest BCUT2D eigenvalue weighted by Crippen LogP contribution is -2.43. The Morgan fingerprint density at radius 2 is 2.06 bits per heavy atom. The van der Waals surface area contributed by atoms with Crippen molar-refractivity contribution in [3.8, 4) is 0 Å². The summed E-state index contributed by atoms with van der Waals surface area (Å²) in [5.74, 6) is 0. The second-order valence-electron chi connectivity index (χ2n) is 4.89. The third-order valence-electron chi connectivity index (χ3n) is 3.42. The van der Waals surface area contributed by atoms with Crippen LogP contribution in [0.4, 0.5) is 0 Å². The Labute approximate surface area is 111 Å². The van der Waals surface area contributed by atoms with Crippen LogP contribution in [0.15, 0.2) is 18.5 Å². The maximum Gasteiger partial charge on any atom is 0.0846 e. The third-order valence-corrected chi connectivity index (χ3v) is 3.42. The molecule has 0 aromatic carbocycles. The van der Waals surface area contributed by atoms with Crippen molar-refractivity contribution in [2.24, 2.45) is 0 Å². The lowest BCUT2D eigenvalue weighted by Gasteiger charge is -2.37. The summed E-state index contributed by atoms with van der Waals surface area (Å²) in [6.45, 7) is 12.2. The molecular formula is C15H26N2O. The number of hydrogen-bond donors (Lipinski definition) is 1. The summed E-state index contributed by atoms with van der Waals surface area (Å²) in [6, 6.07) is 2.37. The standard InChI is InChI=1S/C15H26N2O/c1-6-15(5,18-8-3)14(17-7-2)13-9-12(4)10-16-11-13/h9-11,14,17H,6-8H2,1-5H3. The van der Waals surface area contributed by atoms with E-state index in [0.717, 1.165) is 19.6 Å². The van der Waals surface area contributed by atoms with Gasteiger partial charge in [0.1, 0.15) is 0 Å². The summed E-state index contributed by atoms with van der Waals surface area (Å²) < 4.78 is 6.00. The van der Waals surface area contributed by atoms with Gasteiger partial charge >= 0.3 is 0 Å². The van der Waals surface area contributed by atoms with Crippen molar-refractivity contribution in [2.45, 2.75) is 52.7 Å². The van der Waals surface area contributed by atoms with Gasteiger partial charge in [-0.05, 0) is 44.9 Å². The lowest BCUT2D eigenvalue weighted by atomic mass is 9.88. The van der Waals surface area contributed by atoms with Crippen LogP contribution in [-0.2, 0) is 4.74 Å². The van der Waals surface area contributed by atoms with Gasteiger partial charge in [0.25, 0.3) is 0 Å². The Bertz CT molecular complexity index is 367. The van der Waals surface area contributed by atoms with E-state index in [9.17, 15) is 0 Å². The van der Waals surface area contributed by atoms with Crippen molar-refractivity contribution < 1.29 is 4.74 Å². The molecule has 18 heavy (non-hydrogen) atoms. The van der Waals surface area contributed by atoms with E-state index in [-0.39, 0.29) is 11.6 Å². The molecule has 3 heteroatoms. The molecule has 0 spiro atoms. The van der Waals surface area contributed by atoms with Crippen LogP contribution < -0.4 is 5.32 Å². The molecule has 0 saturated heterocycles. The Morgan fingerprint density at radius 1 is 1.33 bits per heavy atom. The number of nitrogens with one attached hydrogen (secondary N) is 1. The van der Waals surface area contributed by atoms with Crippen LogP contribution in [0.2, 0.25) is 0 Å². The summed E-state index contributed by atoms with van der Waals surface area (Å²) in [5.41, 5.74) is 2.19. The number of hydrogen-bond acceptors (Lipinski definition) is 3. The SMILES string of the molecule is CCNC(c1cncc(C)c1)C(C)(CC)OCC. The molecule has 1 rings (SSSR count). The van der Waals surface area contributed by atoms with Gasteiger partial charge in [-0.25, -0.2) is 0 Å². The minimum absolute atomic E-state index is 0.180. The van der Waals surface area contributed by atoms with Gasteiger partial charge in [-0.15, -0.1) is 0 Å². The smallest absolute Gasteiger partial charge is 0.0846 e. The van der Waals surface area contributed by atoms with E-state index < -0.39 is 0 Å². The van der Waals surface area contributed by atoms with Crippen molar-refractivity contribution in [2.75, 3.05) is 13.2 Å². The Balaban J connectivity index is 3.07. The van der Waals surface area contributed by atoms with Crippen LogP contribution in [0.5, 0.6) is 0 Å². The number of rotatable bonds is 7. The summed E-state index contributed by atoms with van der Waals surface area (Å²) in [5, 5.41) is 3.54. The maximum atomic E-state index is 6.00. The van der Waals surface area contributed by atoms with Gasteiger partial charge in [0, 0.05) is 19.0 Å². The molecule has 1 N–H and O–H groups in total. The summed E-state index contributed by atoms with van der Waals surface area (Å²) >= 11 is 0. The van der Waals surface area contributed by atoms with E-state index in [1.807, 2.05) is 19.3 Å². The predicted molar refractivity (Wildman–Crippen MR) is 75.7 cm³/mol. The van der Waals surface area contributed by atoms with Gasteiger partial charge in [0.15, 0.2) is 0 Å². The van der Waals surface area contributed by atoms with E-state index >= 15 is 0 Å². The van der Waals surface area contributed by atoms with Crippen LogP contribution in [-0.4, -0.2) is 23.7 Å². The van der Waals surface area contributed by atoms with Gasteiger partial charge in [-0.3, -0.25) is 4.98 Å². The highest BCUT2D eigenvalue weighted by Crippen LogP contribution is 2.32. The molecule has 0 fully saturated rings. The number of aromatic nitrogens is 1. The number of aryl methyl sites for hydroxylation is 1. The molecule has 0 bridgehead atoms. The van der Waals surface area contributed by atoms with Gasteiger partial charge in [-0.1, -0.05) is 19.9 Å². The van der Waals surface area contributed by atoms with Gasteiger partial charge in [0.2, 0.25) is 0 Å². The van der Waals surface area contributed by atoms with Crippen molar-refractivity contribution in [3.63, 3.8) is 0 Å². The van der Waals surface area contributed by atoms with E-state index in [1.54, 1.807) is 0 Å². The molecule has 0 saturated carbocycles. The first-order valence-electron chi connectivity index (χ1n) is 6.86. The fourth-order valence-electron chi connectivity index (χ4n) is 2.35. The number of pyridine rings is 1. The van der Waals surface area contributed by atoms with Crippen LogP contribution in [0, 0.1) is 6.92 Å². The second-order valence-corrected chi connectivity index (χ2v) is 4.89. The molecule has 1 heterocycles. The van der Waals surface area contributed by atoms with Crippen LogP contribution >= 0.6 is 0 Å². The lowest BCUT2D eigenvalue weighted by molar-refractivity contribution is -0.0560. The molecule has 1 aromatic rings. The zero-order valence-electron chi connectivity index (χ0n) is 12.3. The average molecular weight is 250 g/mol. The van der Waals surface area contributed by atoms with Crippen molar-refractivity contribution in [1.82, 2.24) is 10.3 Å². The first kappa shape index (κ1) is 15.1. The number of likely N-dealkylation sites (N-methyl/N-ethyl adjacent to an activating group) is 1. The van der Waals surface area contributed by atoms with E-state index in [0.29, 0.717) is 0 Å². The Hall–Kier alpha value is -0.930. The molecular weight excluding hydrogens is 224 g/mol. The maximum absolute atomic E-state index is 6.00. The Morgan fingerprint density at radius 3 is 2.56 bits per heavy atom. The van der Waals surface area contributed by atoms with Crippen LogP contribution in [0.25, 0.3) is 0 Å². The number of nitrogens with zero attached hydrogens (tertiary/aromatic N) is 1. The quantitative estimate of drug-likeness (QED) is 0.806. The van der Waals surface area contributed by atoms with Gasteiger partial charge < -0.3 is 10.1 Å². The molecule has 2 atom stereocenters. The molecule has 0 radical (unpaired) electrons. The molecule has 2 unspecified atom stereocenters. The molecule has 1 aromatic heterocycles. The molecule has 0 aliphatic rings. The van der Waals surface area contributed by atoms with Crippen LogP contribution in [0.3, 0.4) is 0 Å². The topological polar surface area (TPSA) is 34.2 Å². The summed E-state index contributed by atoms with van der Waals surface area (Å²) in [6.07, 6.45) is 4.79. The minimum Gasteiger partial charge on any atom is -0.374 e. The highest BCUT2D eigenvalue weighted by molar-refractivity contribution is 5.23. The molecule has 3 nitrogen and oxygen atoms in total. The normalized spacial score (nSPS) is 16.3. The molecule has 0 aliphatic carbocycles. The second kappa shape index (κ2) is 6.86. The van der Waals surface area contributed by atoms with E-state index in [1.165, 1.54) is 11.1 Å². The van der Waals surface area contributed by atoms with Gasteiger partial charge in [-0.2, -0.15) is 0 Å².